The molecule has 0 radical (unpaired) electrons. The highest BCUT2D eigenvalue weighted by atomic mass is 19.1. The van der Waals surface area contributed by atoms with Crippen molar-refractivity contribution < 1.29 is 9.18 Å². The highest BCUT2D eigenvalue weighted by Crippen LogP contribution is 2.36. The van der Waals surface area contributed by atoms with Crippen molar-refractivity contribution in [3.8, 4) is 0 Å². The number of anilines is 1. The van der Waals surface area contributed by atoms with Gasteiger partial charge in [0.1, 0.15) is 11.4 Å². The van der Waals surface area contributed by atoms with Gasteiger partial charge in [-0.1, -0.05) is 25.0 Å². The summed E-state index contributed by atoms with van der Waals surface area (Å²) in [4.78, 5) is 11.8. The van der Waals surface area contributed by atoms with Crippen LogP contribution in [-0.4, -0.2) is 11.4 Å². The van der Waals surface area contributed by atoms with E-state index < -0.39 is 11.4 Å². The zero-order valence-corrected chi connectivity index (χ0v) is 10.6. The average molecular weight is 250 g/mol. The Kier molecular flexibility index (Phi) is 3.55. The van der Waals surface area contributed by atoms with Crippen LogP contribution in [0.2, 0.25) is 0 Å². The molecule has 1 saturated carbocycles. The van der Waals surface area contributed by atoms with E-state index in [2.05, 4.69) is 5.32 Å². The van der Waals surface area contributed by atoms with Gasteiger partial charge < -0.3 is 11.1 Å². The second-order valence-corrected chi connectivity index (χ2v) is 5.15. The van der Waals surface area contributed by atoms with Gasteiger partial charge in [-0.3, -0.25) is 4.79 Å². The first-order valence-electron chi connectivity index (χ1n) is 6.36. The van der Waals surface area contributed by atoms with E-state index in [1.54, 1.807) is 25.1 Å². The number of carbonyl (C=O) groups is 1. The van der Waals surface area contributed by atoms with E-state index in [0.29, 0.717) is 5.69 Å². The van der Waals surface area contributed by atoms with E-state index in [4.69, 9.17) is 5.73 Å². The minimum absolute atomic E-state index is 0.176. The molecule has 2 rings (SSSR count). The van der Waals surface area contributed by atoms with E-state index in [1.165, 1.54) is 6.07 Å². The fourth-order valence-corrected chi connectivity index (χ4v) is 2.71. The standard InChI is InChI=1S/C14H19FN2O/c1-14(13(16)18,10-6-2-3-7-10)17-12-9-5-4-8-11(12)15/h4-5,8-10,17H,2-3,6-7H2,1H3,(H2,16,18). The van der Waals surface area contributed by atoms with Crippen LogP contribution in [0.5, 0.6) is 0 Å². The highest BCUT2D eigenvalue weighted by Gasteiger charge is 2.41. The van der Waals surface area contributed by atoms with Crippen molar-refractivity contribution in [2.75, 3.05) is 5.32 Å². The number of hydrogen-bond acceptors (Lipinski definition) is 2. The lowest BCUT2D eigenvalue weighted by Gasteiger charge is -2.34. The molecule has 98 valence electrons. The number of hydrogen-bond donors (Lipinski definition) is 2. The molecule has 1 fully saturated rings. The van der Waals surface area contributed by atoms with Gasteiger partial charge in [-0.2, -0.15) is 0 Å². The van der Waals surface area contributed by atoms with Gasteiger partial charge in [-0.25, -0.2) is 4.39 Å². The fourth-order valence-electron chi connectivity index (χ4n) is 2.71. The van der Waals surface area contributed by atoms with Gasteiger partial charge in [-0.05, 0) is 37.8 Å². The molecule has 0 heterocycles. The molecule has 0 aromatic heterocycles. The Morgan fingerprint density at radius 2 is 2.00 bits per heavy atom. The number of nitrogens with two attached hydrogens (primary N) is 1. The molecule has 18 heavy (non-hydrogen) atoms. The molecule has 1 atom stereocenters. The monoisotopic (exact) mass is 250 g/mol. The first kappa shape index (κ1) is 12.9. The van der Waals surface area contributed by atoms with Crippen LogP contribution in [-0.2, 0) is 4.79 Å². The Morgan fingerprint density at radius 3 is 2.56 bits per heavy atom. The quantitative estimate of drug-likeness (QED) is 0.863. The van der Waals surface area contributed by atoms with E-state index in [1.807, 2.05) is 0 Å². The van der Waals surface area contributed by atoms with E-state index >= 15 is 0 Å². The molecule has 1 aromatic rings. The third-order valence-corrected chi connectivity index (χ3v) is 3.95. The first-order chi connectivity index (χ1) is 8.54. The molecule has 0 aliphatic heterocycles. The van der Waals surface area contributed by atoms with Crippen molar-refractivity contribution in [3.05, 3.63) is 30.1 Å². The largest absolute Gasteiger partial charge is 0.369 e. The zero-order valence-electron chi connectivity index (χ0n) is 10.6. The zero-order chi connectivity index (χ0) is 13.2. The van der Waals surface area contributed by atoms with E-state index in [-0.39, 0.29) is 11.7 Å². The maximum absolute atomic E-state index is 13.7. The second kappa shape index (κ2) is 4.96. The molecule has 0 bridgehead atoms. The number of amides is 1. The number of halogens is 1. The van der Waals surface area contributed by atoms with Gasteiger partial charge >= 0.3 is 0 Å². The maximum atomic E-state index is 13.7. The lowest BCUT2D eigenvalue weighted by Crippen LogP contribution is -2.53. The van der Waals surface area contributed by atoms with Gasteiger partial charge in [-0.15, -0.1) is 0 Å². The third-order valence-electron chi connectivity index (χ3n) is 3.95. The summed E-state index contributed by atoms with van der Waals surface area (Å²) in [7, 11) is 0. The van der Waals surface area contributed by atoms with Gasteiger partial charge in [0.15, 0.2) is 0 Å². The minimum Gasteiger partial charge on any atom is -0.369 e. The normalized spacial score (nSPS) is 19.4. The highest BCUT2D eigenvalue weighted by molar-refractivity contribution is 5.88. The molecule has 1 aliphatic carbocycles. The first-order valence-corrected chi connectivity index (χ1v) is 6.36. The Hall–Kier alpha value is -1.58. The summed E-state index contributed by atoms with van der Waals surface area (Å²) < 4.78 is 13.7. The van der Waals surface area contributed by atoms with Crippen LogP contribution in [0.25, 0.3) is 0 Å². The van der Waals surface area contributed by atoms with Crippen molar-refractivity contribution in [3.63, 3.8) is 0 Å². The molecule has 1 unspecified atom stereocenters. The molecule has 1 amide bonds. The van der Waals surface area contributed by atoms with Crippen LogP contribution in [0.3, 0.4) is 0 Å². The summed E-state index contributed by atoms with van der Waals surface area (Å²) in [6.45, 7) is 1.78. The summed E-state index contributed by atoms with van der Waals surface area (Å²) in [5.74, 6) is -0.602. The number of benzene rings is 1. The van der Waals surface area contributed by atoms with Gasteiger partial charge in [0.25, 0.3) is 0 Å². The van der Waals surface area contributed by atoms with Crippen LogP contribution in [0, 0.1) is 11.7 Å². The molecule has 0 saturated heterocycles. The predicted octanol–water partition coefficient (Wildman–Crippen LogP) is 2.67. The molecule has 4 heteroatoms. The number of rotatable bonds is 4. The SMILES string of the molecule is CC(Nc1ccccc1F)(C(N)=O)C1CCCC1. The molecular formula is C14H19FN2O. The van der Waals surface area contributed by atoms with Gasteiger partial charge in [0, 0.05) is 0 Å². The molecular weight excluding hydrogens is 231 g/mol. The smallest absolute Gasteiger partial charge is 0.243 e. The second-order valence-electron chi connectivity index (χ2n) is 5.15. The molecule has 3 nitrogen and oxygen atoms in total. The number of nitrogens with one attached hydrogen (secondary N) is 1. The van der Waals surface area contributed by atoms with E-state index in [0.717, 1.165) is 25.7 Å². The Balaban J connectivity index is 2.26. The summed E-state index contributed by atoms with van der Waals surface area (Å²) in [6.07, 6.45) is 4.13. The molecule has 1 aromatic carbocycles. The van der Waals surface area contributed by atoms with Crippen molar-refractivity contribution in [2.24, 2.45) is 11.7 Å². The lowest BCUT2D eigenvalue weighted by molar-refractivity contribution is -0.123. The number of primary amides is 1. The summed E-state index contributed by atoms with van der Waals surface area (Å²) in [5.41, 5.74) is 4.99. The van der Waals surface area contributed by atoms with Crippen molar-refractivity contribution in [1.29, 1.82) is 0 Å². The van der Waals surface area contributed by atoms with Gasteiger partial charge in [0.2, 0.25) is 5.91 Å². The molecule has 3 N–H and O–H groups in total. The molecule has 1 aliphatic rings. The Bertz CT molecular complexity index is 443. The Morgan fingerprint density at radius 1 is 1.39 bits per heavy atom. The average Bonchev–Trinajstić information content (AvgIpc) is 2.86. The van der Waals surface area contributed by atoms with Crippen LogP contribution in [0.1, 0.15) is 32.6 Å². The summed E-state index contributed by atoms with van der Waals surface area (Å²) in [5, 5.41) is 3.02. The Labute approximate surface area is 107 Å². The van der Waals surface area contributed by atoms with Crippen molar-refractivity contribution in [2.45, 2.75) is 38.1 Å². The van der Waals surface area contributed by atoms with Crippen molar-refractivity contribution in [1.82, 2.24) is 0 Å². The predicted molar refractivity (Wildman–Crippen MR) is 69.6 cm³/mol. The van der Waals surface area contributed by atoms with Crippen molar-refractivity contribution >= 4 is 11.6 Å². The maximum Gasteiger partial charge on any atom is 0.243 e. The summed E-state index contributed by atoms with van der Waals surface area (Å²) in [6, 6.07) is 6.36. The fraction of sp³-hybridized carbons (Fsp3) is 0.500. The number of carbonyl (C=O) groups excluding carboxylic acids is 1. The number of para-hydroxylation sites is 1. The van der Waals surface area contributed by atoms with Crippen LogP contribution < -0.4 is 11.1 Å². The summed E-state index contributed by atoms with van der Waals surface area (Å²) >= 11 is 0. The van der Waals surface area contributed by atoms with Crippen LogP contribution in [0.4, 0.5) is 10.1 Å². The minimum atomic E-state index is -0.876. The van der Waals surface area contributed by atoms with Crippen LogP contribution >= 0.6 is 0 Å². The third kappa shape index (κ3) is 2.33. The lowest BCUT2D eigenvalue weighted by atomic mass is 9.83. The topological polar surface area (TPSA) is 55.1 Å². The van der Waals surface area contributed by atoms with Gasteiger partial charge in [0.05, 0.1) is 5.69 Å². The van der Waals surface area contributed by atoms with Crippen LogP contribution in [0.15, 0.2) is 24.3 Å². The molecule has 0 spiro atoms. The van der Waals surface area contributed by atoms with E-state index in [9.17, 15) is 9.18 Å².